The van der Waals surface area contributed by atoms with Gasteiger partial charge in [-0.15, -0.1) is 11.6 Å². The molecule has 0 aliphatic heterocycles. The van der Waals surface area contributed by atoms with Crippen LogP contribution in [0.3, 0.4) is 0 Å². The van der Waals surface area contributed by atoms with Crippen LogP contribution in [0.15, 0.2) is 0 Å². The van der Waals surface area contributed by atoms with Crippen LogP contribution in [-0.2, 0) is 23.1 Å². The molecular formula is C10H20ClN2O6P. The highest BCUT2D eigenvalue weighted by molar-refractivity contribution is 7.54. The number of amides is 2. The number of carbonyl (C=O) groups excluding carboxylic acids is 2. The van der Waals surface area contributed by atoms with Crippen LogP contribution in [0.25, 0.3) is 0 Å². The van der Waals surface area contributed by atoms with E-state index in [1.54, 1.807) is 13.8 Å². The molecule has 1 unspecified atom stereocenters. The van der Waals surface area contributed by atoms with Crippen molar-refractivity contribution in [2.45, 2.75) is 32.7 Å². The zero-order chi connectivity index (χ0) is 15.8. The van der Waals surface area contributed by atoms with Crippen LogP contribution in [0.4, 0.5) is 4.79 Å². The van der Waals surface area contributed by atoms with E-state index in [4.69, 9.17) is 26.4 Å². The Hall–Kier alpha value is -0.820. The van der Waals surface area contributed by atoms with Gasteiger partial charge in [-0.25, -0.2) is 4.79 Å². The predicted octanol–water partition coefficient (Wildman–Crippen LogP) is 1.42. The third-order valence-corrected chi connectivity index (χ3v) is 4.73. The van der Waals surface area contributed by atoms with E-state index in [9.17, 15) is 14.2 Å². The molecular weight excluding hydrogens is 311 g/mol. The highest BCUT2D eigenvalue weighted by atomic mass is 35.5. The lowest BCUT2D eigenvalue weighted by atomic mass is 10.4. The molecule has 0 spiro atoms. The molecule has 0 aromatic rings. The maximum absolute atomic E-state index is 12.4. The first kappa shape index (κ1) is 19.2. The Morgan fingerprint density at radius 2 is 1.80 bits per heavy atom. The number of hydrogen-bond donors (Lipinski definition) is 2. The lowest BCUT2D eigenvalue weighted by Crippen LogP contribution is -2.44. The van der Waals surface area contributed by atoms with E-state index < -0.39 is 31.5 Å². The van der Waals surface area contributed by atoms with Crippen LogP contribution in [0, 0.1) is 0 Å². The van der Waals surface area contributed by atoms with Crippen molar-refractivity contribution in [3.8, 4) is 0 Å². The van der Waals surface area contributed by atoms with Crippen molar-refractivity contribution in [1.29, 1.82) is 0 Å². The van der Waals surface area contributed by atoms with E-state index >= 15 is 0 Å². The Balaban J connectivity index is 4.77. The maximum atomic E-state index is 12.4. The number of halogens is 1. The summed E-state index contributed by atoms with van der Waals surface area (Å²) in [5, 5.41) is 2.38. The number of alkyl halides is 1. The minimum absolute atomic E-state index is 0.161. The molecule has 3 N–H and O–H groups in total. The lowest BCUT2D eigenvalue weighted by Gasteiger charge is -2.25. The number of carbonyl (C=O) groups is 2. The van der Waals surface area contributed by atoms with Gasteiger partial charge in [-0.1, -0.05) is 0 Å². The van der Waals surface area contributed by atoms with Gasteiger partial charge in [0.25, 0.3) is 5.91 Å². The van der Waals surface area contributed by atoms with Crippen molar-refractivity contribution in [3.63, 3.8) is 0 Å². The molecule has 0 radical (unpaired) electrons. The topological polar surface area (TPSA) is 117 Å². The molecule has 0 saturated heterocycles. The van der Waals surface area contributed by atoms with Gasteiger partial charge in [-0.05, 0) is 20.8 Å². The van der Waals surface area contributed by atoms with Gasteiger partial charge in [-0.3, -0.25) is 9.36 Å². The highest BCUT2D eigenvalue weighted by Crippen LogP contribution is 2.51. The monoisotopic (exact) mass is 330 g/mol. The Morgan fingerprint density at radius 1 is 1.30 bits per heavy atom. The summed E-state index contributed by atoms with van der Waals surface area (Å²) in [7, 11) is -3.50. The second-order valence-corrected chi connectivity index (χ2v) is 6.32. The number of primary amides is 1. The molecule has 0 heterocycles. The van der Waals surface area contributed by atoms with E-state index in [1.807, 2.05) is 0 Å². The van der Waals surface area contributed by atoms with Gasteiger partial charge in [0.1, 0.15) is 5.78 Å². The molecule has 8 nitrogen and oxygen atoms in total. The molecule has 0 fully saturated rings. The number of rotatable bonds is 9. The summed E-state index contributed by atoms with van der Waals surface area (Å²) in [6, 6.07) is 0. The quantitative estimate of drug-likeness (QED) is 0.487. The maximum Gasteiger partial charge on any atom is 0.405 e. The first-order valence-electron chi connectivity index (χ1n) is 6.01. The van der Waals surface area contributed by atoms with Gasteiger partial charge in [0.15, 0.2) is 6.10 Å². The van der Waals surface area contributed by atoms with Crippen LogP contribution >= 0.6 is 19.2 Å². The van der Waals surface area contributed by atoms with Crippen molar-refractivity contribution in [2.75, 3.05) is 19.1 Å². The van der Waals surface area contributed by atoms with Crippen molar-refractivity contribution in [2.24, 2.45) is 5.73 Å². The summed E-state index contributed by atoms with van der Waals surface area (Å²) in [6.45, 7) is 5.08. The molecule has 0 rings (SSSR count). The largest absolute Gasteiger partial charge is 0.435 e. The Kier molecular flexibility index (Phi) is 8.80. The molecule has 0 aromatic carbocycles. The molecule has 0 bridgehead atoms. The molecule has 0 aliphatic carbocycles. The average molecular weight is 331 g/mol. The molecule has 0 aromatic heterocycles. The zero-order valence-corrected chi connectivity index (χ0v) is 13.3. The lowest BCUT2D eigenvalue weighted by molar-refractivity contribution is -0.128. The molecule has 20 heavy (non-hydrogen) atoms. The Labute approximate surface area is 122 Å². The molecule has 2 amide bonds. The van der Waals surface area contributed by atoms with E-state index in [2.05, 4.69) is 10.1 Å². The number of ether oxygens (including phenoxy) is 1. The number of nitrogens with two attached hydrogens (primary N) is 1. The van der Waals surface area contributed by atoms with Crippen LogP contribution in [0.2, 0.25) is 0 Å². The van der Waals surface area contributed by atoms with Gasteiger partial charge in [-0.2, -0.15) is 0 Å². The second kappa shape index (κ2) is 9.18. The Bertz CT molecular complexity index is 371. The molecule has 2 atom stereocenters. The third kappa shape index (κ3) is 6.09. The minimum Gasteiger partial charge on any atom is -0.435 e. The first-order chi connectivity index (χ1) is 9.30. The fourth-order valence-electron chi connectivity index (χ4n) is 1.29. The van der Waals surface area contributed by atoms with Crippen molar-refractivity contribution < 1.29 is 27.9 Å². The van der Waals surface area contributed by atoms with Crippen molar-refractivity contribution >= 4 is 31.2 Å². The normalized spacial score (nSPS) is 14.4. The van der Waals surface area contributed by atoms with Crippen LogP contribution < -0.4 is 11.1 Å². The van der Waals surface area contributed by atoms with Gasteiger partial charge in [0.2, 0.25) is 0 Å². The second-order valence-electron chi connectivity index (χ2n) is 3.64. The van der Waals surface area contributed by atoms with Crippen LogP contribution in [0.5, 0.6) is 0 Å². The Morgan fingerprint density at radius 3 is 2.15 bits per heavy atom. The van der Waals surface area contributed by atoms with Crippen molar-refractivity contribution in [1.82, 2.24) is 5.32 Å². The van der Waals surface area contributed by atoms with E-state index in [0.717, 1.165) is 0 Å². The van der Waals surface area contributed by atoms with Gasteiger partial charge in [0.05, 0.1) is 19.1 Å². The summed E-state index contributed by atoms with van der Waals surface area (Å²) in [6.07, 6.45) is -2.40. The first-order valence-corrected chi connectivity index (χ1v) is 8.16. The summed E-state index contributed by atoms with van der Waals surface area (Å²) in [4.78, 5) is 22.4. The number of nitrogens with one attached hydrogen (secondary N) is 1. The minimum atomic E-state index is -3.50. The smallest absolute Gasteiger partial charge is 0.405 e. The number of hydrogen-bond acceptors (Lipinski definition) is 6. The van der Waals surface area contributed by atoms with E-state index in [-0.39, 0.29) is 19.1 Å². The molecule has 118 valence electrons. The highest BCUT2D eigenvalue weighted by Gasteiger charge is 2.35. The zero-order valence-electron chi connectivity index (χ0n) is 11.6. The SMILES string of the molecule is CCOP(=O)(OCC)C(C)NC(=O)[C@H](CCl)OC(N)=O. The summed E-state index contributed by atoms with van der Waals surface area (Å²) in [5.41, 5.74) is 4.81. The molecule has 0 aliphatic rings. The van der Waals surface area contributed by atoms with E-state index in [0.29, 0.717) is 0 Å². The molecule has 10 heteroatoms. The average Bonchev–Trinajstić information content (AvgIpc) is 2.35. The fourth-order valence-corrected chi connectivity index (χ4v) is 3.02. The van der Waals surface area contributed by atoms with Gasteiger partial charge < -0.3 is 24.8 Å². The van der Waals surface area contributed by atoms with Gasteiger partial charge in [0, 0.05) is 0 Å². The third-order valence-electron chi connectivity index (χ3n) is 2.13. The summed E-state index contributed by atoms with van der Waals surface area (Å²) >= 11 is 5.50. The predicted molar refractivity (Wildman–Crippen MR) is 73.6 cm³/mol. The molecule has 0 saturated carbocycles. The van der Waals surface area contributed by atoms with Gasteiger partial charge >= 0.3 is 13.7 Å². The van der Waals surface area contributed by atoms with Crippen LogP contribution in [0.1, 0.15) is 20.8 Å². The standard InChI is InChI=1S/C10H20ClN2O6P/c1-4-17-20(16,18-5-2)7(3)13-9(14)8(6-11)19-10(12)15/h7-8H,4-6H2,1-3H3,(H2,12,15)(H,13,14)/t7?,8-/m0/s1. The fraction of sp³-hybridized carbons (Fsp3) is 0.800. The van der Waals surface area contributed by atoms with Crippen LogP contribution in [-0.4, -0.2) is 43.0 Å². The van der Waals surface area contributed by atoms with Crippen molar-refractivity contribution in [3.05, 3.63) is 0 Å². The summed E-state index contributed by atoms with van der Waals surface area (Å²) < 4.78 is 27.0. The summed E-state index contributed by atoms with van der Waals surface area (Å²) in [5.74, 6) is -1.93. The van der Waals surface area contributed by atoms with E-state index in [1.165, 1.54) is 6.92 Å².